The van der Waals surface area contributed by atoms with Crippen molar-refractivity contribution in [3.8, 4) is 11.3 Å². The van der Waals surface area contributed by atoms with Crippen molar-refractivity contribution in [2.75, 3.05) is 5.32 Å². The number of non-ortho nitro benzene ring substituents is 1. The Morgan fingerprint density at radius 2 is 2.06 bits per heavy atom. The molecule has 0 unspecified atom stereocenters. The van der Waals surface area contributed by atoms with E-state index in [0.29, 0.717) is 28.0 Å². The number of benzene rings is 1. The number of thiazole rings is 1. The summed E-state index contributed by atoms with van der Waals surface area (Å²) < 4.78 is 7.54. The molecule has 0 spiro atoms. The lowest BCUT2D eigenvalue weighted by Gasteiger charge is -2.13. The first-order valence-corrected chi connectivity index (χ1v) is 11.0. The van der Waals surface area contributed by atoms with Crippen molar-refractivity contribution in [1.29, 1.82) is 0 Å². The van der Waals surface area contributed by atoms with Crippen LogP contribution in [0.5, 0.6) is 0 Å². The van der Waals surface area contributed by atoms with Gasteiger partial charge in [-0.15, -0.1) is 11.3 Å². The third kappa shape index (κ3) is 4.40. The number of nitrogens with one attached hydrogen (secondary N) is 1. The molecular formula is C22H22N4O5S. The van der Waals surface area contributed by atoms with Crippen LogP contribution in [0.1, 0.15) is 47.6 Å². The number of hydrogen-bond donors (Lipinski definition) is 1. The lowest BCUT2D eigenvalue weighted by Crippen LogP contribution is -2.30. The number of esters is 1. The van der Waals surface area contributed by atoms with Gasteiger partial charge in [-0.3, -0.25) is 20.2 Å². The fourth-order valence-electron chi connectivity index (χ4n) is 3.61. The molecule has 0 bridgehead atoms. The number of nitrogens with zero attached hydrogens (tertiary/aromatic N) is 3. The smallest absolute Gasteiger partial charge is 0.340 e. The highest BCUT2D eigenvalue weighted by Gasteiger charge is 2.30. The average molecular weight is 455 g/mol. The topological polar surface area (TPSA) is 116 Å². The van der Waals surface area contributed by atoms with E-state index in [2.05, 4.69) is 14.9 Å². The maximum absolute atomic E-state index is 12.6. The number of carbonyl (C=O) groups is 2. The van der Waals surface area contributed by atoms with Gasteiger partial charge < -0.3 is 9.30 Å². The van der Waals surface area contributed by atoms with Crippen LogP contribution in [0, 0.1) is 24.0 Å². The predicted octanol–water partition coefficient (Wildman–Crippen LogP) is 4.66. The van der Waals surface area contributed by atoms with E-state index in [9.17, 15) is 19.7 Å². The van der Waals surface area contributed by atoms with E-state index in [1.165, 1.54) is 30.4 Å². The van der Waals surface area contributed by atoms with Crippen LogP contribution in [-0.4, -0.2) is 32.5 Å². The monoisotopic (exact) mass is 454 g/mol. The first kappa shape index (κ1) is 21.7. The van der Waals surface area contributed by atoms with Crippen molar-refractivity contribution in [2.24, 2.45) is 0 Å². The molecule has 10 heteroatoms. The first-order valence-electron chi connectivity index (χ1n) is 10.1. The minimum Gasteiger partial charge on any atom is -0.449 e. The highest BCUT2D eigenvalue weighted by molar-refractivity contribution is 7.14. The molecule has 2 aromatic heterocycles. The maximum atomic E-state index is 12.6. The maximum Gasteiger partial charge on any atom is 0.340 e. The molecule has 32 heavy (non-hydrogen) atoms. The summed E-state index contributed by atoms with van der Waals surface area (Å²) in [5, 5.41) is 15.6. The Morgan fingerprint density at radius 3 is 2.75 bits per heavy atom. The van der Waals surface area contributed by atoms with Crippen molar-refractivity contribution in [1.82, 2.24) is 9.55 Å². The molecule has 1 aromatic carbocycles. The van der Waals surface area contributed by atoms with Crippen LogP contribution in [0.2, 0.25) is 0 Å². The number of amides is 1. The fourth-order valence-corrected chi connectivity index (χ4v) is 4.33. The van der Waals surface area contributed by atoms with E-state index in [0.717, 1.165) is 24.2 Å². The Hall–Kier alpha value is -3.53. The molecule has 1 fully saturated rings. The molecule has 166 valence electrons. The molecule has 1 amide bonds. The number of anilines is 1. The summed E-state index contributed by atoms with van der Waals surface area (Å²) in [7, 11) is 0. The summed E-state index contributed by atoms with van der Waals surface area (Å²) in [5.41, 5.74) is 3.36. The highest BCUT2D eigenvalue weighted by Crippen LogP contribution is 2.38. The molecule has 1 saturated carbocycles. The highest BCUT2D eigenvalue weighted by atomic mass is 32.1. The zero-order valence-electron chi connectivity index (χ0n) is 17.8. The Labute approximate surface area is 188 Å². The minimum atomic E-state index is -1.02. The third-order valence-electron chi connectivity index (χ3n) is 5.36. The van der Waals surface area contributed by atoms with Crippen LogP contribution in [0.25, 0.3) is 11.3 Å². The summed E-state index contributed by atoms with van der Waals surface area (Å²) in [5.74, 6) is -1.04. The average Bonchev–Trinajstić information content (AvgIpc) is 3.39. The minimum absolute atomic E-state index is 0.0392. The summed E-state index contributed by atoms with van der Waals surface area (Å²) >= 11 is 1.18. The van der Waals surface area contributed by atoms with Crippen LogP contribution >= 0.6 is 11.3 Å². The fraction of sp³-hybridized carbons (Fsp3) is 0.318. The van der Waals surface area contributed by atoms with Crippen molar-refractivity contribution in [3.05, 3.63) is 62.8 Å². The van der Waals surface area contributed by atoms with Crippen molar-refractivity contribution in [2.45, 2.75) is 45.8 Å². The molecule has 4 rings (SSSR count). The van der Waals surface area contributed by atoms with Crippen LogP contribution in [0.15, 0.2) is 35.7 Å². The van der Waals surface area contributed by atoms with Gasteiger partial charge >= 0.3 is 5.97 Å². The Balaban J connectivity index is 1.40. The van der Waals surface area contributed by atoms with E-state index in [1.807, 2.05) is 13.8 Å². The second kappa shape index (κ2) is 8.54. The zero-order valence-corrected chi connectivity index (χ0v) is 18.6. The summed E-state index contributed by atoms with van der Waals surface area (Å²) in [4.78, 5) is 40.0. The van der Waals surface area contributed by atoms with Crippen LogP contribution in [0.4, 0.5) is 10.8 Å². The van der Waals surface area contributed by atoms with Gasteiger partial charge in [0.25, 0.3) is 11.6 Å². The molecule has 1 atom stereocenters. The van der Waals surface area contributed by atoms with Crippen LogP contribution in [0.3, 0.4) is 0 Å². The van der Waals surface area contributed by atoms with E-state index < -0.39 is 22.9 Å². The number of nitro groups is 1. The molecule has 2 heterocycles. The van der Waals surface area contributed by atoms with E-state index in [4.69, 9.17) is 4.74 Å². The van der Waals surface area contributed by atoms with Crippen molar-refractivity contribution < 1.29 is 19.2 Å². The second-order valence-electron chi connectivity index (χ2n) is 7.77. The number of aromatic nitrogens is 2. The number of hydrogen-bond acceptors (Lipinski definition) is 7. The van der Waals surface area contributed by atoms with Gasteiger partial charge in [0.05, 0.1) is 16.2 Å². The van der Waals surface area contributed by atoms with Crippen molar-refractivity contribution >= 4 is 34.0 Å². The van der Waals surface area contributed by atoms with Crippen LogP contribution < -0.4 is 5.32 Å². The van der Waals surface area contributed by atoms with E-state index in [1.54, 1.807) is 23.6 Å². The first-order chi connectivity index (χ1) is 15.2. The quantitative estimate of drug-likeness (QED) is 0.315. The van der Waals surface area contributed by atoms with Gasteiger partial charge in [-0.2, -0.15) is 0 Å². The lowest BCUT2D eigenvalue weighted by atomic mass is 10.1. The number of aryl methyl sites for hydroxylation is 1. The van der Waals surface area contributed by atoms with Gasteiger partial charge in [-0.25, -0.2) is 9.78 Å². The molecule has 1 N–H and O–H groups in total. The van der Waals surface area contributed by atoms with Gasteiger partial charge in [-0.1, -0.05) is 12.1 Å². The van der Waals surface area contributed by atoms with Crippen LogP contribution in [-0.2, 0) is 9.53 Å². The Kier molecular flexibility index (Phi) is 5.79. The summed E-state index contributed by atoms with van der Waals surface area (Å²) in [6.07, 6.45) is 1.20. The molecule has 0 saturated heterocycles. The van der Waals surface area contributed by atoms with Gasteiger partial charge in [-0.05, 0) is 39.7 Å². The molecule has 1 aliphatic rings. The molecule has 0 radical (unpaired) electrons. The largest absolute Gasteiger partial charge is 0.449 e. The molecule has 0 aliphatic heterocycles. The number of nitro benzene ring substituents is 1. The molecule has 1 aliphatic carbocycles. The SMILES string of the molecule is Cc1cc(C(=O)O[C@H](C)C(=O)Nc2nc(-c3cccc([N+](=O)[O-])c3)cs2)c(C)n1C1CC1. The van der Waals surface area contributed by atoms with Gasteiger partial charge in [0, 0.05) is 40.5 Å². The van der Waals surface area contributed by atoms with Gasteiger partial charge in [0.1, 0.15) is 0 Å². The molecular weight excluding hydrogens is 432 g/mol. The standard InChI is InChI=1S/C22H22N4O5S/c1-12-9-18(13(2)25(12)16-7-8-16)21(28)31-14(3)20(27)24-22-23-19(11-32-22)15-5-4-6-17(10-15)26(29)30/h4-6,9-11,14,16H,7-8H2,1-3H3,(H,23,24,27)/t14-/m1/s1. The third-order valence-corrected chi connectivity index (χ3v) is 6.11. The van der Waals surface area contributed by atoms with Gasteiger partial charge in [0.15, 0.2) is 11.2 Å². The zero-order chi connectivity index (χ0) is 23.0. The summed E-state index contributed by atoms with van der Waals surface area (Å²) in [6.45, 7) is 5.35. The number of rotatable bonds is 7. The normalized spacial score (nSPS) is 14.1. The second-order valence-corrected chi connectivity index (χ2v) is 8.63. The Morgan fingerprint density at radius 1 is 1.31 bits per heavy atom. The van der Waals surface area contributed by atoms with E-state index >= 15 is 0 Å². The summed E-state index contributed by atoms with van der Waals surface area (Å²) in [6, 6.07) is 8.35. The van der Waals surface area contributed by atoms with Crippen molar-refractivity contribution in [3.63, 3.8) is 0 Å². The Bertz CT molecular complexity index is 1210. The number of ether oxygens (including phenoxy) is 1. The predicted molar refractivity (Wildman–Crippen MR) is 120 cm³/mol. The lowest BCUT2D eigenvalue weighted by molar-refractivity contribution is -0.384. The van der Waals surface area contributed by atoms with E-state index in [-0.39, 0.29) is 5.69 Å². The van der Waals surface area contributed by atoms with Gasteiger partial charge in [0.2, 0.25) is 0 Å². The molecule has 9 nitrogen and oxygen atoms in total. The number of carbonyl (C=O) groups excluding carboxylic acids is 2. The molecule has 3 aromatic rings.